The molecule has 0 spiro atoms. The van der Waals surface area contributed by atoms with Crippen LogP contribution < -0.4 is 9.64 Å². The molecule has 4 rings (SSSR count). The maximum absolute atomic E-state index is 13.8. The van der Waals surface area contributed by atoms with Crippen molar-refractivity contribution in [3.05, 3.63) is 101 Å². The second-order valence-electron chi connectivity index (χ2n) is 8.11. The predicted octanol–water partition coefficient (Wildman–Crippen LogP) is 5.12. The van der Waals surface area contributed by atoms with Gasteiger partial charge in [0.05, 0.1) is 19.2 Å². The average Bonchev–Trinajstić information content (AvgIpc) is 3.07. The fourth-order valence-electron chi connectivity index (χ4n) is 4.20. The third-order valence-electron chi connectivity index (χ3n) is 6.11. The van der Waals surface area contributed by atoms with E-state index in [0.29, 0.717) is 23.6 Å². The van der Waals surface area contributed by atoms with Crippen LogP contribution in [0.25, 0.3) is 5.57 Å². The van der Waals surface area contributed by atoms with Gasteiger partial charge in [-0.25, -0.2) is 0 Å². The lowest BCUT2D eigenvalue weighted by Crippen LogP contribution is -2.35. The summed E-state index contributed by atoms with van der Waals surface area (Å²) in [5.41, 5.74) is 5.46. The highest BCUT2D eigenvalue weighted by Gasteiger charge is 2.42. The Hall–Kier alpha value is -3.86. The number of methoxy groups -OCH3 is 1. The van der Waals surface area contributed by atoms with Crippen molar-refractivity contribution in [2.75, 3.05) is 18.6 Å². The summed E-state index contributed by atoms with van der Waals surface area (Å²) >= 11 is 0. The van der Waals surface area contributed by atoms with Gasteiger partial charge in [0, 0.05) is 17.8 Å². The molecule has 0 unspecified atom stereocenters. The van der Waals surface area contributed by atoms with Crippen molar-refractivity contribution in [2.45, 2.75) is 27.3 Å². The molecule has 0 saturated heterocycles. The topological polar surface area (TPSA) is 49.9 Å². The maximum Gasteiger partial charge on any atom is 0.278 e. The number of aryl methyl sites for hydroxylation is 2. The number of carbonyl (C=O) groups is 2. The number of carbonyl (C=O) groups excluding carboxylic acids is 2. The molecule has 5 nitrogen and oxygen atoms in total. The van der Waals surface area contributed by atoms with Crippen LogP contribution in [0.3, 0.4) is 0 Å². The molecule has 0 bridgehead atoms. The van der Waals surface area contributed by atoms with Crippen LogP contribution in [0.1, 0.15) is 29.2 Å². The van der Waals surface area contributed by atoms with Gasteiger partial charge in [0.15, 0.2) is 0 Å². The zero-order valence-electron chi connectivity index (χ0n) is 19.5. The highest BCUT2D eigenvalue weighted by atomic mass is 16.5. The van der Waals surface area contributed by atoms with E-state index in [9.17, 15) is 9.59 Å². The van der Waals surface area contributed by atoms with Gasteiger partial charge in [-0.3, -0.25) is 14.5 Å². The van der Waals surface area contributed by atoms with Gasteiger partial charge < -0.3 is 9.64 Å². The standard InChI is InChI=1S/C28H28N2O3/c1-5-29(23-12-7-6-8-13-23)26-25(21-16-15-19(2)20(3)17-21)27(31)30(28(26)32)18-22-11-9-10-14-24(22)33-4/h6-17H,5,18H2,1-4H3. The maximum atomic E-state index is 13.8. The van der Waals surface area contributed by atoms with Crippen molar-refractivity contribution in [3.8, 4) is 5.75 Å². The Morgan fingerprint density at radius 3 is 2.21 bits per heavy atom. The molecule has 0 fully saturated rings. The van der Waals surface area contributed by atoms with E-state index >= 15 is 0 Å². The summed E-state index contributed by atoms with van der Waals surface area (Å²) in [4.78, 5) is 30.8. The molecule has 3 aromatic carbocycles. The van der Waals surface area contributed by atoms with Gasteiger partial charge >= 0.3 is 0 Å². The lowest BCUT2D eigenvalue weighted by molar-refractivity contribution is -0.137. The largest absolute Gasteiger partial charge is 0.496 e. The lowest BCUT2D eigenvalue weighted by Gasteiger charge is -2.25. The Kier molecular flexibility index (Phi) is 6.31. The SMILES string of the molecule is CCN(C1=C(c2ccc(C)c(C)c2)C(=O)N(Cc2ccccc2OC)C1=O)c1ccccc1. The first-order chi connectivity index (χ1) is 16.0. The highest BCUT2D eigenvalue weighted by molar-refractivity contribution is 6.36. The van der Waals surface area contributed by atoms with Gasteiger partial charge in [0.2, 0.25) is 0 Å². The number of hydrogen-bond donors (Lipinski definition) is 0. The Morgan fingerprint density at radius 2 is 1.55 bits per heavy atom. The van der Waals surface area contributed by atoms with E-state index in [1.54, 1.807) is 7.11 Å². The van der Waals surface area contributed by atoms with Crippen molar-refractivity contribution < 1.29 is 14.3 Å². The van der Waals surface area contributed by atoms with Gasteiger partial charge in [-0.15, -0.1) is 0 Å². The number of ether oxygens (including phenoxy) is 1. The number of likely N-dealkylation sites (N-methyl/N-ethyl adjacent to an activating group) is 1. The molecule has 2 amide bonds. The summed E-state index contributed by atoms with van der Waals surface area (Å²) in [5.74, 6) is 0.0538. The van der Waals surface area contributed by atoms with Crippen molar-refractivity contribution in [1.82, 2.24) is 4.90 Å². The Bertz CT molecular complexity index is 1230. The Morgan fingerprint density at radius 1 is 0.848 bits per heavy atom. The van der Waals surface area contributed by atoms with Crippen LogP contribution in [-0.4, -0.2) is 30.4 Å². The second-order valence-corrected chi connectivity index (χ2v) is 8.11. The van der Waals surface area contributed by atoms with Gasteiger partial charge in [0.1, 0.15) is 11.4 Å². The summed E-state index contributed by atoms with van der Waals surface area (Å²) in [6, 6.07) is 23.1. The summed E-state index contributed by atoms with van der Waals surface area (Å²) in [7, 11) is 1.59. The van der Waals surface area contributed by atoms with E-state index in [1.165, 1.54) is 4.90 Å². The summed E-state index contributed by atoms with van der Waals surface area (Å²) in [6.45, 7) is 6.73. The molecule has 0 N–H and O–H groups in total. The fourth-order valence-corrected chi connectivity index (χ4v) is 4.20. The zero-order valence-corrected chi connectivity index (χ0v) is 19.5. The molecular weight excluding hydrogens is 412 g/mol. The number of rotatable bonds is 7. The van der Waals surface area contributed by atoms with Gasteiger partial charge in [-0.2, -0.15) is 0 Å². The minimum absolute atomic E-state index is 0.145. The monoisotopic (exact) mass is 440 g/mol. The van der Waals surface area contributed by atoms with Crippen LogP contribution in [0.4, 0.5) is 5.69 Å². The Balaban J connectivity index is 1.85. The number of anilines is 1. The fraction of sp³-hybridized carbons (Fsp3) is 0.214. The minimum atomic E-state index is -0.301. The lowest BCUT2D eigenvalue weighted by atomic mass is 9.99. The van der Waals surface area contributed by atoms with E-state index in [-0.39, 0.29) is 18.4 Å². The minimum Gasteiger partial charge on any atom is -0.496 e. The molecule has 168 valence electrons. The average molecular weight is 441 g/mol. The predicted molar refractivity (Wildman–Crippen MR) is 131 cm³/mol. The molecule has 0 saturated carbocycles. The van der Waals surface area contributed by atoms with E-state index in [4.69, 9.17) is 4.74 Å². The van der Waals surface area contributed by atoms with E-state index in [1.807, 2.05) is 98.5 Å². The van der Waals surface area contributed by atoms with Crippen molar-refractivity contribution >= 4 is 23.1 Å². The number of imide groups is 1. The second kappa shape index (κ2) is 9.33. The van der Waals surface area contributed by atoms with Gasteiger partial charge in [-0.05, 0) is 55.7 Å². The molecule has 0 atom stereocenters. The van der Waals surface area contributed by atoms with Crippen LogP contribution in [-0.2, 0) is 16.1 Å². The molecule has 0 radical (unpaired) electrons. The molecule has 0 aliphatic carbocycles. The molecule has 3 aromatic rings. The first-order valence-corrected chi connectivity index (χ1v) is 11.1. The van der Waals surface area contributed by atoms with Gasteiger partial charge in [-0.1, -0.05) is 54.6 Å². The number of para-hydroxylation sites is 2. The smallest absolute Gasteiger partial charge is 0.278 e. The van der Waals surface area contributed by atoms with Crippen LogP contribution in [0.2, 0.25) is 0 Å². The zero-order chi connectivity index (χ0) is 23.5. The molecule has 1 aliphatic rings. The van der Waals surface area contributed by atoms with Crippen LogP contribution in [0.5, 0.6) is 5.75 Å². The molecular formula is C28H28N2O3. The normalized spacial score (nSPS) is 13.6. The highest BCUT2D eigenvalue weighted by Crippen LogP contribution is 2.36. The molecule has 5 heteroatoms. The molecule has 0 aromatic heterocycles. The van der Waals surface area contributed by atoms with Gasteiger partial charge in [0.25, 0.3) is 11.8 Å². The first kappa shape index (κ1) is 22.3. The summed E-state index contributed by atoms with van der Waals surface area (Å²) < 4.78 is 5.46. The third-order valence-corrected chi connectivity index (χ3v) is 6.11. The number of amides is 2. The Labute approximate surface area is 194 Å². The third kappa shape index (κ3) is 4.14. The number of benzene rings is 3. The van der Waals surface area contributed by atoms with Crippen LogP contribution in [0.15, 0.2) is 78.5 Å². The summed E-state index contributed by atoms with van der Waals surface area (Å²) in [5, 5.41) is 0. The number of nitrogens with zero attached hydrogens (tertiary/aromatic N) is 2. The molecule has 1 aliphatic heterocycles. The van der Waals surface area contributed by atoms with Crippen molar-refractivity contribution in [1.29, 1.82) is 0 Å². The van der Waals surface area contributed by atoms with Crippen LogP contribution in [0, 0.1) is 13.8 Å². The van der Waals surface area contributed by atoms with E-state index < -0.39 is 0 Å². The van der Waals surface area contributed by atoms with E-state index in [0.717, 1.165) is 27.9 Å². The number of hydrogen-bond acceptors (Lipinski definition) is 4. The van der Waals surface area contributed by atoms with Crippen LogP contribution >= 0.6 is 0 Å². The van der Waals surface area contributed by atoms with E-state index in [2.05, 4.69) is 0 Å². The van der Waals surface area contributed by atoms with Crippen molar-refractivity contribution in [2.24, 2.45) is 0 Å². The quantitative estimate of drug-likeness (QED) is 0.479. The summed E-state index contributed by atoms with van der Waals surface area (Å²) in [6.07, 6.45) is 0. The first-order valence-electron chi connectivity index (χ1n) is 11.1. The molecule has 1 heterocycles. The van der Waals surface area contributed by atoms with Crippen molar-refractivity contribution in [3.63, 3.8) is 0 Å². The molecule has 33 heavy (non-hydrogen) atoms.